The van der Waals surface area contributed by atoms with E-state index in [0.29, 0.717) is 17.9 Å². The topological polar surface area (TPSA) is 63.5 Å². The number of nitrogens with zero attached hydrogens (tertiary/aromatic N) is 2. The van der Waals surface area contributed by atoms with Crippen LogP contribution in [0.2, 0.25) is 0 Å². The van der Waals surface area contributed by atoms with Gasteiger partial charge in [0, 0.05) is 40.0 Å². The summed E-state index contributed by atoms with van der Waals surface area (Å²) in [5, 5.41) is 6.84. The number of halogens is 1. The van der Waals surface area contributed by atoms with Gasteiger partial charge in [0.25, 0.3) is 5.91 Å². The number of aromatic nitrogens is 2. The van der Waals surface area contributed by atoms with Gasteiger partial charge in [-0.25, -0.2) is 4.52 Å². The van der Waals surface area contributed by atoms with Crippen LogP contribution in [0.5, 0.6) is 0 Å². The van der Waals surface area contributed by atoms with Gasteiger partial charge in [-0.3, -0.25) is 9.00 Å². The molecule has 7 heteroatoms. The maximum Gasteiger partial charge on any atom is 0.255 e. The van der Waals surface area contributed by atoms with Gasteiger partial charge < -0.3 is 5.32 Å². The van der Waals surface area contributed by atoms with Gasteiger partial charge in [-0.05, 0) is 28.1 Å². The van der Waals surface area contributed by atoms with E-state index in [0.717, 1.165) is 9.99 Å². The zero-order chi connectivity index (χ0) is 13.1. The molecule has 1 N–H and O–H groups in total. The molecule has 2 rings (SSSR count). The summed E-state index contributed by atoms with van der Waals surface area (Å²) < 4.78 is 13.4. The lowest BCUT2D eigenvalue weighted by atomic mass is 10.2. The number of rotatable bonds is 4. The molecule has 1 atom stereocenters. The predicted octanol–water partition coefficient (Wildman–Crippen LogP) is 1.21. The highest BCUT2D eigenvalue weighted by molar-refractivity contribution is 9.10. The average molecular weight is 330 g/mol. The van der Waals surface area contributed by atoms with Crippen molar-refractivity contribution in [3.05, 3.63) is 34.6 Å². The molecule has 0 saturated carbocycles. The number of hydrogen-bond donors (Lipinski definition) is 1. The molecule has 18 heavy (non-hydrogen) atoms. The third-order valence-electron chi connectivity index (χ3n) is 2.41. The summed E-state index contributed by atoms with van der Waals surface area (Å²) in [4.78, 5) is 12.0. The van der Waals surface area contributed by atoms with Gasteiger partial charge in [0.05, 0.1) is 17.3 Å². The van der Waals surface area contributed by atoms with Crippen molar-refractivity contribution in [1.82, 2.24) is 14.9 Å². The largest absolute Gasteiger partial charge is 0.351 e. The lowest BCUT2D eigenvalue weighted by Gasteiger charge is -2.03. The van der Waals surface area contributed by atoms with Crippen molar-refractivity contribution in [2.45, 2.75) is 0 Å². The van der Waals surface area contributed by atoms with E-state index >= 15 is 0 Å². The molecular weight excluding hydrogens is 318 g/mol. The number of carbonyl (C=O) groups excluding carboxylic acids is 1. The normalized spacial score (nSPS) is 12.6. The highest BCUT2D eigenvalue weighted by Gasteiger charge is 2.14. The first-order valence-electron chi connectivity index (χ1n) is 5.29. The molecule has 0 fully saturated rings. The van der Waals surface area contributed by atoms with Gasteiger partial charge in [0.2, 0.25) is 0 Å². The van der Waals surface area contributed by atoms with E-state index in [4.69, 9.17) is 0 Å². The molecule has 0 aliphatic carbocycles. The first-order chi connectivity index (χ1) is 8.59. The SMILES string of the molecule is CS(=O)CCNC(=O)c1cnn2cccc(Br)c12. The fraction of sp³-hybridized carbons (Fsp3) is 0.273. The standard InChI is InChI=1S/C11H12BrN3O2S/c1-18(17)6-4-13-11(16)8-7-14-15-5-2-3-9(12)10(8)15/h2-3,5,7H,4,6H2,1H3,(H,13,16). The van der Waals surface area contributed by atoms with Crippen LogP contribution in [-0.2, 0) is 10.8 Å². The molecule has 5 nitrogen and oxygen atoms in total. The molecule has 0 bridgehead atoms. The average Bonchev–Trinajstić information content (AvgIpc) is 2.73. The summed E-state index contributed by atoms with van der Waals surface area (Å²) in [6, 6.07) is 3.70. The quantitative estimate of drug-likeness (QED) is 0.916. The van der Waals surface area contributed by atoms with Crippen molar-refractivity contribution in [3.8, 4) is 0 Å². The Labute approximate surface area is 115 Å². The molecule has 2 heterocycles. The molecule has 1 amide bonds. The second-order valence-corrected chi connectivity index (χ2v) is 6.15. The molecule has 0 aromatic carbocycles. The van der Waals surface area contributed by atoms with Gasteiger partial charge in [-0.15, -0.1) is 0 Å². The smallest absolute Gasteiger partial charge is 0.255 e. The second-order valence-electron chi connectivity index (χ2n) is 3.74. The number of carbonyl (C=O) groups is 1. The Hall–Kier alpha value is -1.21. The Morgan fingerprint density at radius 3 is 3.11 bits per heavy atom. The van der Waals surface area contributed by atoms with Crippen LogP contribution >= 0.6 is 15.9 Å². The Bertz CT molecular complexity index is 611. The number of fused-ring (bicyclic) bond motifs is 1. The highest BCUT2D eigenvalue weighted by atomic mass is 79.9. The molecule has 2 aromatic heterocycles. The van der Waals surface area contributed by atoms with E-state index in [1.54, 1.807) is 17.0 Å². The van der Waals surface area contributed by atoms with Crippen molar-refractivity contribution in [1.29, 1.82) is 0 Å². The van der Waals surface area contributed by atoms with E-state index in [1.165, 1.54) is 6.20 Å². The number of amides is 1. The van der Waals surface area contributed by atoms with Crippen molar-refractivity contribution < 1.29 is 9.00 Å². The van der Waals surface area contributed by atoms with Crippen molar-refractivity contribution >= 4 is 38.2 Å². The lowest BCUT2D eigenvalue weighted by molar-refractivity contribution is 0.0957. The Morgan fingerprint density at radius 1 is 1.61 bits per heavy atom. The van der Waals surface area contributed by atoms with E-state index in [9.17, 15) is 9.00 Å². The zero-order valence-electron chi connectivity index (χ0n) is 9.72. The van der Waals surface area contributed by atoms with Crippen LogP contribution in [0.4, 0.5) is 0 Å². The second kappa shape index (κ2) is 5.62. The molecule has 96 valence electrons. The number of nitrogens with one attached hydrogen (secondary N) is 1. The zero-order valence-corrected chi connectivity index (χ0v) is 12.1. The van der Waals surface area contributed by atoms with Crippen LogP contribution in [0.3, 0.4) is 0 Å². The van der Waals surface area contributed by atoms with Gasteiger partial charge in [0.15, 0.2) is 0 Å². The lowest BCUT2D eigenvalue weighted by Crippen LogP contribution is -2.27. The minimum absolute atomic E-state index is 0.206. The van der Waals surface area contributed by atoms with Gasteiger partial charge in [0.1, 0.15) is 0 Å². The molecule has 2 aromatic rings. The monoisotopic (exact) mass is 329 g/mol. The Kier molecular flexibility index (Phi) is 4.13. The van der Waals surface area contributed by atoms with Crippen LogP contribution in [0.1, 0.15) is 10.4 Å². The highest BCUT2D eigenvalue weighted by Crippen LogP contribution is 2.20. The van der Waals surface area contributed by atoms with E-state index in [1.807, 2.05) is 12.1 Å². The molecule has 0 radical (unpaired) electrons. The van der Waals surface area contributed by atoms with Gasteiger partial charge in [-0.1, -0.05) is 0 Å². The van der Waals surface area contributed by atoms with Crippen LogP contribution in [0, 0.1) is 0 Å². The summed E-state index contributed by atoms with van der Waals surface area (Å²) in [6.07, 6.45) is 4.91. The number of pyridine rings is 1. The first-order valence-corrected chi connectivity index (χ1v) is 7.81. The predicted molar refractivity (Wildman–Crippen MR) is 74.2 cm³/mol. The first kappa shape index (κ1) is 13.2. The van der Waals surface area contributed by atoms with Gasteiger partial charge in [-0.2, -0.15) is 5.10 Å². The summed E-state index contributed by atoms with van der Waals surface area (Å²) in [5.74, 6) is 0.244. The van der Waals surface area contributed by atoms with Crippen molar-refractivity contribution in [3.63, 3.8) is 0 Å². The summed E-state index contributed by atoms with van der Waals surface area (Å²) in [5.41, 5.74) is 1.23. The minimum Gasteiger partial charge on any atom is -0.351 e. The maximum absolute atomic E-state index is 12.0. The van der Waals surface area contributed by atoms with Crippen LogP contribution in [-0.4, -0.2) is 38.3 Å². The molecule has 0 aliphatic rings. The summed E-state index contributed by atoms with van der Waals surface area (Å²) in [7, 11) is -0.905. The molecule has 0 spiro atoms. The number of hydrogen-bond acceptors (Lipinski definition) is 3. The van der Waals surface area contributed by atoms with Crippen LogP contribution in [0.25, 0.3) is 5.52 Å². The fourth-order valence-electron chi connectivity index (χ4n) is 1.57. The van der Waals surface area contributed by atoms with Gasteiger partial charge >= 0.3 is 0 Å². The third kappa shape index (κ3) is 2.78. The molecule has 0 aliphatic heterocycles. The van der Waals surface area contributed by atoms with Crippen LogP contribution < -0.4 is 5.32 Å². The molecule has 0 saturated heterocycles. The Balaban J connectivity index is 2.20. The molecule has 1 unspecified atom stereocenters. The van der Waals surface area contributed by atoms with Crippen LogP contribution in [0.15, 0.2) is 29.0 Å². The molecular formula is C11H12BrN3O2S. The Morgan fingerprint density at radius 2 is 2.39 bits per heavy atom. The summed E-state index contributed by atoms with van der Waals surface area (Å²) >= 11 is 3.40. The third-order valence-corrected chi connectivity index (χ3v) is 3.83. The van der Waals surface area contributed by atoms with E-state index < -0.39 is 10.8 Å². The van der Waals surface area contributed by atoms with Crippen molar-refractivity contribution in [2.75, 3.05) is 18.6 Å². The van der Waals surface area contributed by atoms with E-state index in [-0.39, 0.29) is 5.91 Å². The fourth-order valence-corrected chi connectivity index (χ4v) is 2.51. The minimum atomic E-state index is -0.905. The summed E-state index contributed by atoms with van der Waals surface area (Å²) in [6.45, 7) is 0.393. The van der Waals surface area contributed by atoms with Crippen molar-refractivity contribution in [2.24, 2.45) is 0 Å². The maximum atomic E-state index is 12.0. The van der Waals surface area contributed by atoms with E-state index in [2.05, 4.69) is 26.3 Å².